The molecule has 1 aliphatic heterocycles. The van der Waals surface area contributed by atoms with E-state index < -0.39 is 5.60 Å². The van der Waals surface area contributed by atoms with E-state index in [0.29, 0.717) is 13.1 Å². The van der Waals surface area contributed by atoms with Gasteiger partial charge in [0.25, 0.3) is 5.91 Å². The summed E-state index contributed by atoms with van der Waals surface area (Å²) >= 11 is 0. The summed E-state index contributed by atoms with van der Waals surface area (Å²) in [6.07, 6.45) is -0.117. The quantitative estimate of drug-likeness (QED) is 0.883. The Hall–Kier alpha value is -1.39. The van der Waals surface area contributed by atoms with Gasteiger partial charge in [-0.1, -0.05) is 17.7 Å². The summed E-state index contributed by atoms with van der Waals surface area (Å²) < 4.78 is 5.73. The number of nitrogens with zero attached hydrogens (tertiary/aromatic N) is 1. The summed E-state index contributed by atoms with van der Waals surface area (Å²) in [5.41, 5.74) is 8.13. The van der Waals surface area contributed by atoms with Crippen molar-refractivity contribution in [3.8, 4) is 0 Å². The fourth-order valence-electron chi connectivity index (χ4n) is 2.55. The number of morpholine rings is 1. The Morgan fingerprint density at radius 3 is 2.68 bits per heavy atom. The number of amides is 1. The topological polar surface area (TPSA) is 55.6 Å². The second kappa shape index (κ2) is 4.94. The highest BCUT2D eigenvalue weighted by Crippen LogP contribution is 2.29. The minimum absolute atomic E-state index is 0.0100. The average Bonchev–Trinajstić information content (AvgIpc) is 2.33. The van der Waals surface area contributed by atoms with Crippen LogP contribution in [0.5, 0.6) is 0 Å². The molecule has 1 atom stereocenters. The lowest BCUT2D eigenvalue weighted by molar-refractivity contribution is -0.153. The van der Waals surface area contributed by atoms with E-state index in [4.69, 9.17) is 10.5 Å². The third-order valence-electron chi connectivity index (χ3n) is 3.51. The Bertz CT molecular complexity index is 497. The second-order valence-corrected chi connectivity index (χ2v) is 5.69. The monoisotopic (exact) mass is 262 g/mol. The van der Waals surface area contributed by atoms with Crippen LogP contribution in [0, 0.1) is 13.8 Å². The van der Waals surface area contributed by atoms with Gasteiger partial charge in [0.1, 0.15) is 5.60 Å². The molecular weight excluding hydrogens is 240 g/mol. The number of rotatable bonds is 2. The number of carbonyl (C=O) groups is 1. The summed E-state index contributed by atoms with van der Waals surface area (Å²) in [6.45, 7) is 8.60. The summed E-state index contributed by atoms with van der Waals surface area (Å²) in [5.74, 6) is -0.0100. The van der Waals surface area contributed by atoms with Crippen molar-refractivity contribution in [2.45, 2.75) is 39.4 Å². The molecule has 0 bridgehead atoms. The molecule has 1 heterocycles. The van der Waals surface area contributed by atoms with E-state index >= 15 is 0 Å². The number of hydrogen-bond donors (Lipinski definition) is 1. The van der Waals surface area contributed by atoms with E-state index in [1.807, 2.05) is 26.0 Å². The summed E-state index contributed by atoms with van der Waals surface area (Å²) in [7, 11) is 0. The minimum atomic E-state index is -0.820. The van der Waals surface area contributed by atoms with Gasteiger partial charge in [-0.2, -0.15) is 0 Å². The third kappa shape index (κ3) is 2.65. The van der Waals surface area contributed by atoms with Gasteiger partial charge in [-0.15, -0.1) is 0 Å². The number of carbonyl (C=O) groups excluding carboxylic acids is 1. The molecule has 1 aromatic carbocycles. The van der Waals surface area contributed by atoms with Gasteiger partial charge in [0.2, 0.25) is 0 Å². The van der Waals surface area contributed by atoms with Gasteiger partial charge < -0.3 is 15.4 Å². The fourth-order valence-corrected chi connectivity index (χ4v) is 2.55. The van der Waals surface area contributed by atoms with Crippen LogP contribution in [0.1, 0.15) is 25.0 Å². The maximum absolute atomic E-state index is 12.5. The van der Waals surface area contributed by atoms with Crippen molar-refractivity contribution in [1.29, 1.82) is 0 Å². The molecule has 0 saturated carbocycles. The number of anilines is 1. The highest BCUT2D eigenvalue weighted by molar-refractivity contribution is 6.00. The highest BCUT2D eigenvalue weighted by atomic mass is 16.5. The second-order valence-electron chi connectivity index (χ2n) is 5.69. The molecule has 1 saturated heterocycles. The first-order valence-electron chi connectivity index (χ1n) is 6.62. The molecule has 2 N–H and O–H groups in total. The van der Waals surface area contributed by atoms with Gasteiger partial charge in [-0.25, -0.2) is 0 Å². The number of nitrogens with two attached hydrogens (primary N) is 1. The Labute approximate surface area is 114 Å². The predicted molar refractivity (Wildman–Crippen MR) is 76.3 cm³/mol. The van der Waals surface area contributed by atoms with E-state index in [1.165, 1.54) is 5.56 Å². The molecule has 104 valence electrons. The van der Waals surface area contributed by atoms with Crippen molar-refractivity contribution in [2.24, 2.45) is 5.73 Å². The van der Waals surface area contributed by atoms with Crippen LogP contribution in [0.15, 0.2) is 18.2 Å². The molecule has 4 nitrogen and oxygen atoms in total. The Morgan fingerprint density at radius 1 is 1.42 bits per heavy atom. The van der Waals surface area contributed by atoms with Gasteiger partial charge in [0.15, 0.2) is 0 Å². The SMILES string of the molecule is Cc1ccc(N2CC(CN)OC(C)(C)C2=O)c(C)c1. The molecule has 1 aromatic rings. The largest absolute Gasteiger partial charge is 0.359 e. The van der Waals surface area contributed by atoms with Crippen LogP contribution >= 0.6 is 0 Å². The van der Waals surface area contributed by atoms with Crippen molar-refractivity contribution < 1.29 is 9.53 Å². The lowest BCUT2D eigenvalue weighted by Crippen LogP contribution is -2.59. The Kier molecular flexibility index (Phi) is 3.65. The van der Waals surface area contributed by atoms with Crippen molar-refractivity contribution in [1.82, 2.24) is 0 Å². The standard InChI is InChI=1S/C15H22N2O2/c1-10-5-6-13(11(2)7-10)17-9-12(8-16)19-15(3,4)14(17)18/h5-7,12H,8-9,16H2,1-4H3. The number of benzene rings is 1. The molecule has 1 aliphatic rings. The molecule has 1 amide bonds. The zero-order chi connectivity index (χ0) is 14.2. The molecule has 2 rings (SSSR count). The van der Waals surface area contributed by atoms with E-state index in [9.17, 15) is 4.79 Å². The van der Waals surface area contributed by atoms with Gasteiger partial charge in [-0.3, -0.25) is 4.79 Å². The Balaban J connectivity index is 2.38. The first-order valence-corrected chi connectivity index (χ1v) is 6.62. The van der Waals surface area contributed by atoms with E-state index in [1.54, 1.807) is 18.7 Å². The Morgan fingerprint density at radius 2 is 2.11 bits per heavy atom. The van der Waals surface area contributed by atoms with Crippen molar-refractivity contribution >= 4 is 11.6 Å². The van der Waals surface area contributed by atoms with Crippen LogP contribution in [0.3, 0.4) is 0 Å². The number of ether oxygens (including phenoxy) is 1. The predicted octanol–water partition coefficient (Wildman–Crippen LogP) is 1.77. The van der Waals surface area contributed by atoms with Gasteiger partial charge >= 0.3 is 0 Å². The first kappa shape index (κ1) is 14.0. The number of hydrogen-bond acceptors (Lipinski definition) is 3. The van der Waals surface area contributed by atoms with E-state index in [2.05, 4.69) is 6.07 Å². The smallest absolute Gasteiger partial charge is 0.258 e. The van der Waals surface area contributed by atoms with E-state index in [0.717, 1.165) is 11.3 Å². The van der Waals surface area contributed by atoms with Crippen LogP contribution in [0.2, 0.25) is 0 Å². The third-order valence-corrected chi connectivity index (χ3v) is 3.51. The molecule has 1 fully saturated rings. The molecular formula is C15H22N2O2. The maximum Gasteiger partial charge on any atom is 0.258 e. The summed E-state index contributed by atoms with van der Waals surface area (Å²) in [5, 5.41) is 0. The van der Waals surface area contributed by atoms with Crippen LogP contribution in [0.4, 0.5) is 5.69 Å². The van der Waals surface area contributed by atoms with Crippen molar-refractivity contribution in [3.63, 3.8) is 0 Å². The highest BCUT2D eigenvalue weighted by Gasteiger charge is 2.41. The summed E-state index contributed by atoms with van der Waals surface area (Å²) in [6, 6.07) is 6.11. The lowest BCUT2D eigenvalue weighted by Gasteiger charge is -2.42. The van der Waals surface area contributed by atoms with E-state index in [-0.39, 0.29) is 12.0 Å². The van der Waals surface area contributed by atoms with Gasteiger partial charge in [0, 0.05) is 12.2 Å². The van der Waals surface area contributed by atoms with Crippen LogP contribution in [-0.4, -0.2) is 30.7 Å². The number of aryl methyl sites for hydroxylation is 2. The summed E-state index contributed by atoms with van der Waals surface area (Å²) in [4.78, 5) is 14.3. The van der Waals surface area contributed by atoms with Crippen LogP contribution in [-0.2, 0) is 9.53 Å². The lowest BCUT2D eigenvalue weighted by atomic mass is 10.0. The molecule has 0 aromatic heterocycles. The fraction of sp³-hybridized carbons (Fsp3) is 0.533. The first-order chi connectivity index (χ1) is 8.85. The van der Waals surface area contributed by atoms with Gasteiger partial charge in [0.05, 0.1) is 12.6 Å². The molecule has 0 aliphatic carbocycles. The molecule has 0 spiro atoms. The van der Waals surface area contributed by atoms with Crippen molar-refractivity contribution in [2.75, 3.05) is 18.0 Å². The molecule has 4 heteroatoms. The van der Waals surface area contributed by atoms with Crippen LogP contribution in [0.25, 0.3) is 0 Å². The normalized spacial score (nSPS) is 22.7. The zero-order valence-electron chi connectivity index (χ0n) is 12.1. The molecule has 1 unspecified atom stereocenters. The molecule has 19 heavy (non-hydrogen) atoms. The zero-order valence-corrected chi connectivity index (χ0v) is 12.1. The maximum atomic E-state index is 12.5. The van der Waals surface area contributed by atoms with Crippen LogP contribution < -0.4 is 10.6 Å². The molecule has 0 radical (unpaired) electrons. The van der Waals surface area contributed by atoms with Crippen molar-refractivity contribution in [3.05, 3.63) is 29.3 Å². The average molecular weight is 262 g/mol. The van der Waals surface area contributed by atoms with Gasteiger partial charge in [-0.05, 0) is 39.3 Å². The minimum Gasteiger partial charge on any atom is -0.359 e.